The van der Waals surface area contributed by atoms with Gasteiger partial charge >= 0.3 is 0 Å². The molecule has 0 saturated carbocycles. The summed E-state index contributed by atoms with van der Waals surface area (Å²) in [5.41, 5.74) is 2.05. The Morgan fingerprint density at radius 1 is 1.21 bits per heavy atom. The number of amides is 1. The topological polar surface area (TPSA) is 35.6 Å². The zero-order valence-corrected chi connectivity index (χ0v) is 11.9. The number of rotatable bonds is 4. The molecule has 1 heterocycles. The van der Waals surface area contributed by atoms with Gasteiger partial charge in [0, 0.05) is 31.9 Å². The van der Waals surface area contributed by atoms with Crippen LogP contribution in [0.1, 0.15) is 12.5 Å². The highest BCUT2D eigenvalue weighted by atomic mass is 16.2. The van der Waals surface area contributed by atoms with E-state index in [4.69, 9.17) is 0 Å². The average Bonchev–Trinajstić information content (AvgIpc) is 2.39. The number of carbonyl (C=O) groups is 1. The summed E-state index contributed by atoms with van der Waals surface area (Å²) in [4.78, 5) is 16.6. The Morgan fingerprint density at radius 3 is 2.53 bits per heavy atom. The van der Waals surface area contributed by atoms with Crippen molar-refractivity contribution in [3.63, 3.8) is 0 Å². The summed E-state index contributed by atoms with van der Waals surface area (Å²) in [5, 5.41) is 2.96. The summed E-state index contributed by atoms with van der Waals surface area (Å²) in [6, 6.07) is 7.91. The van der Waals surface area contributed by atoms with E-state index in [0.717, 1.165) is 44.0 Å². The maximum absolute atomic E-state index is 12.0. The van der Waals surface area contributed by atoms with Crippen molar-refractivity contribution in [1.82, 2.24) is 9.80 Å². The van der Waals surface area contributed by atoms with Crippen molar-refractivity contribution >= 4 is 11.6 Å². The molecular weight excluding hydrogens is 238 g/mol. The number of aryl methyl sites for hydroxylation is 1. The van der Waals surface area contributed by atoms with Gasteiger partial charge in [-0.15, -0.1) is 0 Å². The Hall–Kier alpha value is -1.39. The predicted molar refractivity (Wildman–Crippen MR) is 78.4 cm³/mol. The molecule has 0 aromatic heterocycles. The molecule has 0 unspecified atom stereocenters. The molecule has 1 fully saturated rings. The molecule has 19 heavy (non-hydrogen) atoms. The second-order valence-electron chi connectivity index (χ2n) is 5.13. The molecule has 1 saturated heterocycles. The normalized spacial score (nSPS) is 17.4. The summed E-state index contributed by atoms with van der Waals surface area (Å²) in [7, 11) is 0. The first-order chi connectivity index (χ1) is 9.17. The molecule has 1 aromatic carbocycles. The number of anilines is 1. The van der Waals surface area contributed by atoms with Gasteiger partial charge in [-0.2, -0.15) is 0 Å². The Labute approximate surface area is 115 Å². The lowest BCUT2D eigenvalue weighted by molar-refractivity contribution is -0.117. The zero-order chi connectivity index (χ0) is 13.7. The lowest BCUT2D eigenvalue weighted by Crippen LogP contribution is -2.48. The lowest BCUT2D eigenvalue weighted by Gasteiger charge is -2.33. The second-order valence-corrected chi connectivity index (χ2v) is 5.13. The first kappa shape index (κ1) is 14.0. The van der Waals surface area contributed by atoms with Crippen molar-refractivity contribution in [2.75, 3.05) is 44.6 Å². The Morgan fingerprint density at radius 2 is 1.89 bits per heavy atom. The van der Waals surface area contributed by atoms with Crippen LogP contribution in [0.4, 0.5) is 5.69 Å². The maximum Gasteiger partial charge on any atom is 0.238 e. The van der Waals surface area contributed by atoms with E-state index in [9.17, 15) is 4.79 Å². The van der Waals surface area contributed by atoms with E-state index in [1.807, 2.05) is 31.2 Å². The van der Waals surface area contributed by atoms with Crippen LogP contribution in [0.2, 0.25) is 0 Å². The third-order valence-corrected chi connectivity index (χ3v) is 3.58. The second kappa shape index (κ2) is 6.68. The van der Waals surface area contributed by atoms with Crippen LogP contribution in [0.5, 0.6) is 0 Å². The first-order valence-electron chi connectivity index (χ1n) is 6.98. The minimum absolute atomic E-state index is 0.0792. The van der Waals surface area contributed by atoms with Gasteiger partial charge < -0.3 is 10.2 Å². The highest BCUT2D eigenvalue weighted by Gasteiger charge is 2.17. The predicted octanol–water partition coefficient (Wildman–Crippen LogP) is 1.57. The molecule has 1 aliphatic heterocycles. The largest absolute Gasteiger partial charge is 0.325 e. The Balaban J connectivity index is 1.79. The minimum Gasteiger partial charge on any atom is -0.325 e. The molecule has 1 N–H and O–H groups in total. The van der Waals surface area contributed by atoms with Gasteiger partial charge in [-0.25, -0.2) is 0 Å². The zero-order valence-electron chi connectivity index (χ0n) is 11.9. The number of piperazine rings is 1. The molecule has 4 heteroatoms. The monoisotopic (exact) mass is 261 g/mol. The summed E-state index contributed by atoms with van der Waals surface area (Å²) in [6.45, 7) is 9.89. The molecule has 0 bridgehead atoms. The third-order valence-electron chi connectivity index (χ3n) is 3.58. The quantitative estimate of drug-likeness (QED) is 0.893. The molecule has 4 nitrogen and oxygen atoms in total. The summed E-state index contributed by atoms with van der Waals surface area (Å²) >= 11 is 0. The van der Waals surface area contributed by atoms with Crippen molar-refractivity contribution in [3.8, 4) is 0 Å². The molecule has 104 valence electrons. The van der Waals surface area contributed by atoms with Crippen LogP contribution >= 0.6 is 0 Å². The standard InChI is InChI=1S/C15H23N3O/c1-3-17-7-9-18(10-8-17)12-15(19)16-14-6-4-5-13(2)11-14/h4-6,11H,3,7-10,12H2,1-2H3,(H,16,19). The van der Waals surface area contributed by atoms with E-state index in [0.29, 0.717) is 6.54 Å². The van der Waals surface area contributed by atoms with Crippen LogP contribution in [0, 0.1) is 6.92 Å². The SMILES string of the molecule is CCN1CCN(CC(=O)Nc2cccc(C)c2)CC1. The molecule has 1 aliphatic rings. The van der Waals surface area contributed by atoms with Gasteiger partial charge in [0.05, 0.1) is 6.54 Å². The van der Waals surface area contributed by atoms with Crippen LogP contribution in [0.3, 0.4) is 0 Å². The molecule has 1 aromatic rings. The lowest BCUT2D eigenvalue weighted by atomic mass is 10.2. The fourth-order valence-electron chi connectivity index (χ4n) is 2.39. The molecular formula is C15H23N3O. The van der Waals surface area contributed by atoms with Gasteiger partial charge in [0.15, 0.2) is 0 Å². The summed E-state index contributed by atoms with van der Waals surface area (Å²) in [5.74, 6) is 0.0792. The number of carbonyl (C=O) groups excluding carboxylic acids is 1. The van der Waals surface area contributed by atoms with Crippen LogP contribution in [0.15, 0.2) is 24.3 Å². The van der Waals surface area contributed by atoms with Crippen LogP contribution in [-0.4, -0.2) is 55.0 Å². The van der Waals surface area contributed by atoms with Crippen LogP contribution < -0.4 is 5.32 Å². The van der Waals surface area contributed by atoms with E-state index in [1.54, 1.807) is 0 Å². The van der Waals surface area contributed by atoms with Crippen molar-refractivity contribution in [2.45, 2.75) is 13.8 Å². The molecule has 1 amide bonds. The van der Waals surface area contributed by atoms with Crippen molar-refractivity contribution < 1.29 is 4.79 Å². The molecule has 0 radical (unpaired) electrons. The average molecular weight is 261 g/mol. The fraction of sp³-hybridized carbons (Fsp3) is 0.533. The molecule has 2 rings (SSSR count). The number of benzene rings is 1. The number of nitrogens with one attached hydrogen (secondary N) is 1. The number of hydrogen-bond acceptors (Lipinski definition) is 3. The number of likely N-dealkylation sites (N-methyl/N-ethyl adjacent to an activating group) is 1. The third kappa shape index (κ3) is 4.33. The fourth-order valence-corrected chi connectivity index (χ4v) is 2.39. The number of nitrogens with zero attached hydrogens (tertiary/aromatic N) is 2. The maximum atomic E-state index is 12.0. The van der Waals surface area contributed by atoms with E-state index in [2.05, 4.69) is 22.0 Å². The van der Waals surface area contributed by atoms with E-state index >= 15 is 0 Å². The van der Waals surface area contributed by atoms with Gasteiger partial charge in [0.25, 0.3) is 0 Å². The minimum atomic E-state index is 0.0792. The van der Waals surface area contributed by atoms with Crippen molar-refractivity contribution in [3.05, 3.63) is 29.8 Å². The highest BCUT2D eigenvalue weighted by molar-refractivity contribution is 5.92. The molecule has 0 atom stereocenters. The Kier molecular flexibility index (Phi) is 4.93. The van der Waals surface area contributed by atoms with Gasteiger partial charge in [-0.3, -0.25) is 9.69 Å². The molecule has 0 spiro atoms. The van der Waals surface area contributed by atoms with Crippen LogP contribution in [0.25, 0.3) is 0 Å². The van der Waals surface area contributed by atoms with Gasteiger partial charge in [0.1, 0.15) is 0 Å². The Bertz CT molecular complexity index is 425. The highest BCUT2D eigenvalue weighted by Crippen LogP contribution is 2.09. The smallest absolute Gasteiger partial charge is 0.238 e. The van der Waals surface area contributed by atoms with Crippen molar-refractivity contribution in [2.24, 2.45) is 0 Å². The van der Waals surface area contributed by atoms with Gasteiger partial charge in [0.2, 0.25) is 5.91 Å². The summed E-state index contributed by atoms with van der Waals surface area (Å²) < 4.78 is 0. The van der Waals surface area contributed by atoms with E-state index < -0.39 is 0 Å². The van der Waals surface area contributed by atoms with E-state index in [-0.39, 0.29) is 5.91 Å². The van der Waals surface area contributed by atoms with Gasteiger partial charge in [-0.1, -0.05) is 19.1 Å². The summed E-state index contributed by atoms with van der Waals surface area (Å²) in [6.07, 6.45) is 0. The molecule has 0 aliphatic carbocycles. The van der Waals surface area contributed by atoms with Crippen LogP contribution in [-0.2, 0) is 4.79 Å². The van der Waals surface area contributed by atoms with Gasteiger partial charge in [-0.05, 0) is 31.2 Å². The first-order valence-corrected chi connectivity index (χ1v) is 6.98. The van der Waals surface area contributed by atoms with E-state index in [1.165, 1.54) is 0 Å². The number of hydrogen-bond donors (Lipinski definition) is 1. The van der Waals surface area contributed by atoms with Crippen molar-refractivity contribution in [1.29, 1.82) is 0 Å².